The lowest BCUT2D eigenvalue weighted by Crippen LogP contribution is -2.23. The Hall–Kier alpha value is -1.15. The van der Waals surface area contributed by atoms with Gasteiger partial charge in [-0.3, -0.25) is 0 Å². The Kier molecular flexibility index (Phi) is 5.15. The number of hydrogen-bond donors (Lipinski definition) is 1. The molecule has 104 valence electrons. The van der Waals surface area contributed by atoms with E-state index in [1.54, 1.807) is 6.07 Å². The fourth-order valence-electron chi connectivity index (χ4n) is 2.82. The van der Waals surface area contributed by atoms with E-state index < -0.39 is 0 Å². The molecule has 1 aliphatic carbocycles. The molecule has 0 fully saturated rings. The van der Waals surface area contributed by atoms with Crippen LogP contribution in [0.1, 0.15) is 56.2 Å². The molecule has 0 saturated carbocycles. The Balaban J connectivity index is 2.18. The van der Waals surface area contributed by atoms with Crippen LogP contribution in [0.5, 0.6) is 0 Å². The molecule has 0 saturated heterocycles. The molecular formula is C17H24FN. The molecule has 1 aliphatic rings. The van der Waals surface area contributed by atoms with Crippen molar-refractivity contribution in [3.8, 4) is 0 Å². The van der Waals surface area contributed by atoms with Gasteiger partial charge in [0.2, 0.25) is 0 Å². The van der Waals surface area contributed by atoms with E-state index in [1.807, 2.05) is 19.1 Å². The monoisotopic (exact) mass is 261 g/mol. The van der Waals surface area contributed by atoms with Crippen LogP contribution in [0.2, 0.25) is 0 Å². The lowest BCUT2D eigenvalue weighted by Gasteiger charge is -2.22. The first kappa shape index (κ1) is 14.3. The predicted molar refractivity (Wildman–Crippen MR) is 78.7 cm³/mol. The minimum absolute atomic E-state index is 0.0899. The van der Waals surface area contributed by atoms with Crippen LogP contribution in [0.25, 0.3) is 0 Å². The summed E-state index contributed by atoms with van der Waals surface area (Å²) in [4.78, 5) is 0. The standard InChI is InChI=1S/C17H24FN/c1-3-19-17(12-14-7-5-4-6-8-14)15-11-13(2)9-10-16(15)18/h7,9-11,17,19H,3-6,8,12H2,1-2H3. The molecule has 0 bridgehead atoms. The summed E-state index contributed by atoms with van der Waals surface area (Å²) in [6.07, 6.45) is 8.23. The molecule has 2 heteroatoms. The van der Waals surface area contributed by atoms with Crippen LogP contribution in [-0.2, 0) is 0 Å². The zero-order valence-corrected chi connectivity index (χ0v) is 12.0. The van der Waals surface area contributed by atoms with Crippen LogP contribution in [0, 0.1) is 12.7 Å². The van der Waals surface area contributed by atoms with Gasteiger partial charge < -0.3 is 5.32 Å². The van der Waals surface area contributed by atoms with Crippen LogP contribution in [0.15, 0.2) is 29.8 Å². The molecule has 0 radical (unpaired) electrons. The Bertz CT molecular complexity index is 451. The third-order valence-corrected chi connectivity index (χ3v) is 3.83. The summed E-state index contributed by atoms with van der Waals surface area (Å²) in [5.41, 5.74) is 3.42. The highest BCUT2D eigenvalue weighted by Crippen LogP contribution is 2.29. The average Bonchev–Trinajstić information content (AvgIpc) is 2.42. The van der Waals surface area contributed by atoms with Crippen LogP contribution in [0.3, 0.4) is 0 Å². The summed E-state index contributed by atoms with van der Waals surface area (Å²) in [6.45, 7) is 4.97. The molecule has 1 aromatic rings. The third-order valence-electron chi connectivity index (χ3n) is 3.83. The van der Waals surface area contributed by atoms with Gasteiger partial charge in [-0.05, 0) is 51.6 Å². The quantitative estimate of drug-likeness (QED) is 0.759. The molecule has 1 atom stereocenters. The normalized spacial score (nSPS) is 17.1. The van der Waals surface area contributed by atoms with Crippen molar-refractivity contribution in [3.63, 3.8) is 0 Å². The molecule has 1 unspecified atom stereocenters. The summed E-state index contributed by atoms with van der Waals surface area (Å²) < 4.78 is 14.0. The predicted octanol–water partition coefficient (Wildman–Crippen LogP) is 4.68. The third kappa shape index (κ3) is 3.90. The Morgan fingerprint density at radius 3 is 2.84 bits per heavy atom. The first-order valence-electron chi connectivity index (χ1n) is 7.38. The second kappa shape index (κ2) is 6.85. The van der Waals surface area contributed by atoms with Crippen molar-refractivity contribution in [1.82, 2.24) is 5.32 Å². The van der Waals surface area contributed by atoms with Crippen molar-refractivity contribution in [2.45, 2.75) is 52.0 Å². The summed E-state index contributed by atoms with van der Waals surface area (Å²) in [7, 11) is 0. The Morgan fingerprint density at radius 1 is 1.32 bits per heavy atom. The van der Waals surface area contributed by atoms with Crippen molar-refractivity contribution in [2.24, 2.45) is 0 Å². The smallest absolute Gasteiger partial charge is 0.128 e. The van der Waals surface area contributed by atoms with E-state index >= 15 is 0 Å². The summed E-state index contributed by atoms with van der Waals surface area (Å²) >= 11 is 0. The highest BCUT2D eigenvalue weighted by atomic mass is 19.1. The van der Waals surface area contributed by atoms with E-state index in [2.05, 4.69) is 18.3 Å². The lowest BCUT2D eigenvalue weighted by atomic mass is 9.91. The molecule has 0 aliphatic heterocycles. The first-order valence-corrected chi connectivity index (χ1v) is 7.38. The first-order chi connectivity index (χ1) is 9.20. The van der Waals surface area contributed by atoms with E-state index in [0.717, 1.165) is 24.1 Å². The number of halogens is 1. The average molecular weight is 261 g/mol. The van der Waals surface area contributed by atoms with E-state index in [9.17, 15) is 4.39 Å². The SMILES string of the molecule is CCNC(CC1=CCCCC1)c1cc(C)ccc1F. The number of benzene rings is 1. The largest absolute Gasteiger partial charge is 0.310 e. The van der Waals surface area contributed by atoms with Crippen molar-refractivity contribution >= 4 is 0 Å². The number of nitrogens with one attached hydrogen (secondary N) is 1. The van der Waals surface area contributed by atoms with Crippen LogP contribution < -0.4 is 5.32 Å². The van der Waals surface area contributed by atoms with Gasteiger partial charge in [-0.2, -0.15) is 0 Å². The van der Waals surface area contributed by atoms with Crippen molar-refractivity contribution in [1.29, 1.82) is 0 Å². The molecule has 0 spiro atoms. The maximum absolute atomic E-state index is 14.0. The maximum atomic E-state index is 14.0. The van der Waals surface area contributed by atoms with Crippen LogP contribution in [0.4, 0.5) is 4.39 Å². The number of hydrogen-bond acceptors (Lipinski definition) is 1. The van der Waals surface area contributed by atoms with Crippen LogP contribution in [-0.4, -0.2) is 6.54 Å². The zero-order chi connectivity index (χ0) is 13.7. The second-order valence-electron chi connectivity index (χ2n) is 5.45. The summed E-state index contributed by atoms with van der Waals surface area (Å²) in [5.74, 6) is -0.0899. The number of allylic oxidation sites excluding steroid dienone is 1. The van der Waals surface area contributed by atoms with Crippen molar-refractivity contribution in [3.05, 3.63) is 46.8 Å². The number of rotatable bonds is 5. The van der Waals surface area contributed by atoms with Gasteiger partial charge >= 0.3 is 0 Å². The summed E-state index contributed by atoms with van der Waals surface area (Å²) in [5, 5.41) is 3.43. The van der Waals surface area contributed by atoms with E-state index in [-0.39, 0.29) is 11.9 Å². The lowest BCUT2D eigenvalue weighted by molar-refractivity contribution is 0.496. The summed E-state index contributed by atoms with van der Waals surface area (Å²) in [6, 6.07) is 5.51. The maximum Gasteiger partial charge on any atom is 0.128 e. The molecule has 0 heterocycles. The Morgan fingerprint density at radius 2 is 2.16 bits per heavy atom. The molecule has 19 heavy (non-hydrogen) atoms. The van der Waals surface area contributed by atoms with E-state index in [1.165, 1.54) is 31.3 Å². The van der Waals surface area contributed by atoms with Gasteiger partial charge in [-0.25, -0.2) is 4.39 Å². The van der Waals surface area contributed by atoms with Gasteiger partial charge in [0.1, 0.15) is 5.82 Å². The molecule has 0 amide bonds. The van der Waals surface area contributed by atoms with Crippen LogP contribution >= 0.6 is 0 Å². The van der Waals surface area contributed by atoms with Gasteiger partial charge in [0.15, 0.2) is 0 Å². The highest BCUT2D eigenvalue weighted by Gasteiger charge is 2.17. The van der Waals surface area contributed by atoms with Gasteiger partial charge in [0.05, 0.1) is 0 Å². The topological polar surface area (TPSA) is 12.0 Å². The fraction of sp³-hybridized carbons (Fsp3) is 0.529. The van der Waals surface area contributed by atoms with Gasteiger partial charge in [0, 0.05) is 11.6 Å². The minimum Gasteiger partial charge on any atom is -0.310 e. The molecule has 1 N–H and O–H groups in total. The number of aryl methyl sites for hydroxylation is 1. The van der Waals surface area contributed by atoms with Crippen molar-refractivity contribution in [2.75, 3.05) is 6.54 Å². The minimum atomic E-state index is -0.0899. The molecule has 1 aromatic carbocycles. The molecule has 0 aromatic heterocycles. The second-order valence-corrected chi connectivity index (χ2v) is 5.45. The zero-order valence-electron chi connectivity index (χ0n) is 12.0. The Labute approximate surface area is 115 Å². The van der Waals surface area contributed by atoms with E-state index in [0.29, 0.717) is 0 Å². The molecular weight excluding hydrogens is 237 g/mol. The molecule has 2 rings (SSSR count). The van der Waals surface area contributed by atoms with E-state index in [4.69, 9.17) is 0 Å². The van der Waals surface area contributed by atoms with Crippen molar-refractivity contribution < 1.29 is 4.39 Å². The molecule has 1 nitrogen and oxygen atoms in total. The van der Waals surface area contributed by atoms with Gasteiger partial charge in [-0.1, -0.05) is 36.3 Å². The highest BCUT2D eigenvalue weighted by molar-refractivity contribution is 5.28. The fourth-order valence-corrected chi connectivity index (χ4v) is 2.82. The van der Waals surface area contributed by atoms with Gasteiger partial charge in [0.25, 0.3) is 0 Å². The van der Waals surface area contributed by atoms with Gasteiger partial charge in [-0.15, -0.1) is 0 Å².